The molecule has 104 valence electrons. The molecule has 1 aromatic rings. The Morgan fingerprint density at radius 3 is 2.32 bits per heavy atom. The lowest BCUT2D eigenvalue weighted by molar-refractivity contribution is -0.176. The number of hydrogen-bond donors (Lipinski definition) is 2. The molecule has 0 aromatic heterocycles. The maximum Gasteiger partial charge on any atom is 0.308 e. The van der Waals surface area contributed by atoms with Crippen molar-refractivity contribution in [3.63, 3.8) is 0 Å². The van der Waals surface area contributed by atoms with Gasteiger partial charge >= 0.3 is 5.97 Å². The Hall–Kier alpha value is -1.88. The second kappa shape index (κ2) is 5.84. The smallest absolute Gasteiger partial charge is 0.308 e. The van der Waals surface area contributed by atoms with Crippen LogP contribution in [0, 0.1) is 0 Å². The number of carbonyl (C=O) groups is 2. The van der Waals surface area contributed by atoms with Gasteiger partial charge in [-0.3, -0.25) is 9.59 Å². The topological polar surface area (TPSA) is 75.6 Å². The molecule has 0 aliphatic heterocycles. The lowest BCUT2D eigenvalue weighted by atomic mass is 9.97. The third-order valence-electron chi connectivity index (χ3n) is 2.41. The molecule has 1 unspecified atom stereocenters. The van der Waals surface area contributed by atoms with Crippen LogP contribution < -0.4 is 5.32 Å². The zero-order chi connectivity index (χ0) is 14.5. The van der Waals surface area contributed by atoms with Gasteiger partial charge in [0, 0.05) is 5.56 Å². The average Bonchev–Trinajstić information content (AvgIpc) is 2.27. The molecule has 2 N–H and O–H groups in total. The number of rotatable bonds is 6. The minimum absolute atomic E-state index is 0.354. The van der Waals surface area contributed by atoms with Gasteiger partial charge in [-0.15, -0.1) is 0 Å². The Morgan fingerprint density at radius 1 is 1.32 bits per heavy atom. The Kier molecular flexibility index (Phi) is 4.67. The van der Waals surface area contributed by atoms with E-state index >= 15 is 0 Å². The summed E-state index contributed by atoms with van der Waals surface area (Å²) in [5.41, 5.74) is -1.38. The van der Waals surface area contributed by atoms with E-state index in [1.54, 1.807) is 45.0 Å². The van der Waals surface area contributed by atoms with Gasteiger partial charge in [0.25, 0.3) is 0 Å². The molecule has 1 atom stereocenters. The van der Waals surface area contributed by atoms with E-state index in [0.29, 0.717) is 12.0 Å². The van der Waals surface area contributed by atoms with Gasteiger partial charge in [0.1, 0.15) is 0 Å². The van der Waals surface area contributed by atoms with Crippen LogP contribution in [0.3, 0.4) is 0 Å². The van der Waals surface area contributed by atoms with Crippen molar-refractivity contribution in [3.05, 3.63) is 35.9 Å². The molecule has 1 amide bonds. The van der Waals surface area contributed by atoms with E-state index < -0.39 is 17.3 Å². The van der Waals surface area contributed by atoms with Crippen molar-refractivity contribution in [1.82, 2.24) is 5.32 Å². The number of carboxylic acids is 1. The van der Waals surface area contributed by atoms with Crippen molar-refractivity contribution in [2.24, 2.45) is 0 Å². The zero-order valence-electron chi connectivity index (χ0n) is 11.3. The fraction of sp³-hybridized carbons (Fsp3) is 0.429. The quantitative estimate of drug-likeness (QED) is 0.608. The van der Waals surface area contributed by atoms with E-state index in [4.69, 9.17) is 9.84 Å². The fourth-order valence-electron chi connectivity index (χ4n) is 1.90. The van der Waals surface area contributed by atoms with Crippen LogP contribution in [-0.4, -0.2) is 23.1 Å². The first kappa shape index (κ1) is 15.2. The van der Waals surface area contributed by atoms with Crippen molar-refractivity contribution in [1.29, 1.82) is 0 Å². The molecule has 0 heterocycles. The average molecular weight is 265 g/mol. The summed E-state index contributed by atoms with van der Waals surface area (Å²) in [4.78, 5) is 22.0. The number of carbonyl (C=O) groups excluding carboxylic acids is 1. The Balaban J connectivity index is 3.26. The van der Waals surface area contributed by atoms with Gasteiger partial charge in [-0.25, -0.2) is 0 Å². The number of amides is 1. The summed E-state index contributed by atoms with van der Waals surface area (Å²) >= 11 is 0. The predicted molar refractivity (Wildman–Crippen MR) is 70.4 cm³/mol. The molecule has 1 rings (SSSR count). The van der Waals surface area contributed by atoms with Crippen molar-refractivity contribution < 1.29 is 19.4 Å². The number of nitrogens with one attached hydrogen (secondary N) is 1. The molecule has 0 saturated carbocycles. The first-order chi connectivity index (χ1) is 8.79. The maximum absolute atomic E-state index is 11.1. The van der Waals surface area contributed by atoms with Crippen molar-refractivity contribution in [2.75, 3.05) is 0 Å². The standard InChI is InChI=1S/C14H19NO4/c1-13(2,3)19-14(15-10-16,9-12(17)18)11-7-5-4-6-8-11/h4-8,10H,9H2,1-3H3,(H,15,16)(H,17,18). The molecule has 0 aliphatic carbocycles. The molecular weight excluding hydrogens is 246 g/mol. The Bertz CT molecular complexity index is 439. The summed E-state index contributed by atoms with van der Waals surface area (Å²) in [6.45, 7) is 5.41. The van der Waals surface area contributed by atoms with Gasteiger partial charge in [-0.2, -0.15) is 0 Å². The van der Waals surface area contributed by atoms with Crippen LogP contribution in [-0.2, 0) is 20.1 Å². The summed E-state index contributed by atoms with van der Waals surface area (Å²) in [6.07, 6.45) is 0.106. The highest BCUT2D eigenvalue weighted by Crippen LogP contribution is 2.31. The summed E-state index contributed by atoms with van der Waals surface area (Å²) in [6, 6.07) is 8.80. The minimum atomic E-state index is -1.37. The molecule has 0 aliphatic rings. The van der Waals surface area contributed by atoms with E-state index in [1.165, 1.54) is 0 Å². The third kappa shape index (κ3) is 4.37. The van der Waals surface area contributed by atoms with E-state index in [0.717, 1.165) is 0 Å². The van der Waals surface area contributed by atoms with Gasteiger partial charge < -0.3 is 15.2 Å². The van der Waals surface area contributed by atoms with E-state index in [1.807, 2.05) is 6.07 Å². The van der Waals surface area contributed by atoms with E-state index in [9.17, 15) is 9.59 Å². The maximum atomic E-state index is 11.1. The van der Waals surface area contributed by atoms with Gasteiger partial charge in [0.15, 0.2) is 5.72 Å². The molecular formula is C14H19NO4. The summed E-state index contributed by atoms with van der Waals surface area (Å²) < 4.78 is 5.84. The molecule has 5 heteroatoms. The second-order valence-electron chi connectivity index (χ2n) is 5.24. The highest BCUT2D eigenvalue weighted by Gasteiger charge is 2.39. The SMILES string of the molecule is CC(C)(C)OC(CC(=O)O)(NC=O)c1ccccc1. The van der Waals surface area contributed by atoms with Crippen LogP contribution >= 0.6 is 0 Å². The number of benzene rings is 1. The number of hydrogen-bond acceptors (Lipinski definition) is 3. The summed E-state index contributed by atoms with van der Waals surface area (Å²) in [5, 5.41) is 11.6. The van der Waals surface area contributed by atoms with Crippen molar-refractivity contribution >= 4 is 12.4 Å². The number of ether oxygens (including phenoxy) is 1. The van der Waals surface area contributed by atoms with Gasteiger partial charge in [-0.1, -0.05) is 30.3 Å². The first-order valence-corrected chi connectivity index (χ1v) is 5.98. The molecule has 0 radical (unpaired) electrons. The van der Waals surface area contributed by atoms with E-state index in [-0.39, 0.29) is 6.42 Å². The molecule has 0 spiro atoms. The molecule has 0 bridgehead atoms. The second-order valence-corrected chi connectivity index (χ2v) is 5.24. The third-order valence-corrected chi connectivity index (χ3v) is 2.41. The van der Waals surface area contributed by atoms with Gasteiger partial charge in [-0.05, 0) is 20.8 Å². The van der Waals surface area contributed by atoms with Crippen LogP contribution in [0.1, 0.15) is 32.8 Å². The fourth-order valence-corrected chi connectivity index (χ4v) is 1.90. The van der Waals surface area contributed by atoms with Crippen LogP contribution in [0.2, 0.25) is 0 Å². The minimum Gasteiger partial charge on any atom is -0.481 e. The molecule has 0 fully saturated rings. The Labute approximate surface area is 112 Å². The zero-order valence-corrected chi connectivity index (χ0v) is 11.3. The number of carboxylic acid groups (broad SMARTS) is 1. The molecule has 0 saturated heterocycles. The number of aliphatic carboxylic acids is 1. The molecule has 1 aromatic carbocycles. The largest absolute Gasteiger partial charge is 0.481 e. The van der Waals surface area contributed by atoms with Crippen LogP contribution in [0.15, 0.2) is 30.3 Å². The predicted octanol–water partition coefficient (Wildman–Crippen LogP) is 1.88. The van der Waals surface area contributed by atoms with Crippen LogP contribution in [0.25, 0.3) is 0 Å². The lowest BCUT2D eigenvalue weighted by Gasteiger charge is -2.38. The first-order valence-electron chi connectivity index (χ1n) is 5.98. The van der Waals surface area contributed by atoms with E-state index in [2.05, 4.69) is 5.32 Å². The normalized spacial score (nSPS) is 14.5. The monoisotopic (exact) mass is 265 g/mol. The van der Waals surface area contributed by atoms with Gasteiger partial charge in [0.2, 0.25) is 6.41 Å². The lowest BCUT2D eigenvalue weighted by Crippen LogP contribution is -2.50. The summed E-state index contributed by atoms with van der Waals surface area (Å²) in [7, 11) is 0. The highest BCUT2D eigenvalue weighted by atomic mass is 16.5. The van der Waals surface area contributed by atoms with Crippen molar-refractivity contribution in [2.45, 2.75) is 38.5 Å². The van der Waals surface area contributed by atoms with Gasteiger partial charge in [0.05, 0.1) is 12.0 Å². The Morgan fingerprint density at radius 2 is 1.89 bits per heavy atom. The highest BCUT2D eigenvalue weighted by molar-refractivity contribution is 5.69. The molecule has 19 heavy (non-hydrogen) atoms. The van der Waals surface area contributed by atoms with Crippen LogP contribution in [0.4, 0.5) is 0 Å². The van der Waals surface area contributed by atoms with Crippen molar-refractivity contribution in [3.8, 4) is 0 Å². The molecule has 5 nitrogen and oxygen atoms in total. The summed E-state index contributed by atoms with van der Waals surface area (Å²) in [5.74, 6) is -1.05. The van der Waals surface area contributed by atoms with Crippen LogP contribution in [0.5, 0.6) is 0 Å².